The zero-order valence-electron chi connectivity index (χ0n) is 25.5. The molecule has 1 aromatic heterocycles. The molecule has 0 aliphatic carbocycles. The van der Waals surface area contributed by atoms with Crippen LogP contribution in [0.1, 0.15) is 48.5 Å². The molecule has 1 unspecified atom stereocenters. The molecule has 234 valence electrons. The molecule has 2 aromatic carbocycles. The van der Waals surface area contributed by atoms with E-state index in [0.29, 0.717) is 27.5 Å². The summed E-state index contributed by atoms with van der Waals surface area (Å²) in [6, 6.07) is 16.2. The van der Waals surface area contributed by atoms with Gasteiger partial charge in [-0.15, -0.1) is 11.3 Å². The zero-order chi connectivity index (χ0) is 31.2. The Hall–Kier alpha value is -3.32. The zero-order valence-corrected chi connectivity index (χ0v) is 26.3. The van der Waals surface area contributed by atoms with Crippen molar-refractivity contribution in [2.45, 2.75) is 76.4 Å². The predicted molar refractivity (Wildman–Crippen MR) is 160 cm³/mol. The van der Waals surface area contributed by atoms with E-state index in [0.717, 1.165) is 10.4 Å². The lowest BCUT2D eigenvalue weighted by atomic mass is 9.99. The van der Waals surface area contributed by atoms with Crippen LogP contribution in [0.5, 0.6) is 11.5 Å². The topological polar surface area (TPSA) is 108 Å². The molecule has 11 heteroatoms. The van der Waals surface area contributed by atoms with Crippen molar-refractivity contribution in [3.8, 4) is 21.9 Å². The molecule has 0 N–H and O–H groups in total. The number of rotatable bonds is 9. The summed E-state index contributed by atoms with van der Waals surface area (Å²) in [4.78, 5) is 28.0. The number of carbonyl (C=O) groups excluding carboxylic acids is 2. The molecular formula is C33H36O10S. The van der Waals surface area contributed by atoms with Crippen molar-refractivity contribution < 1.29 is 47.5 Å². The summed E-state index contributed by atoms with van der Waals surface area (Å²) < 4.78 is 46.8. The maximum atomic E-state index is 13.4. The number of hydrogen-bond acceptors (Lipinski definition) is 11. The van der Waals surface area contributed by atoms with Gasteiger partial charge in [0.05, 0.1) is 25.5 Å². The quantitative estimate of drug-likeness (QED) is 0.234. The van der Waals surface area contributed by atoms with Crippen LogP contribution in [0, 0.1) is 0 Å². The number of hydrogen-bond donors (Lipinski definition) is 0. The standard InChI is InChI=1S/C33H36O10S/c1-32(2)40-27-23(39-31-29(28(27)41-32)42-33(3,4)43-31)17-38-25(34)16-20-15-24(26(35)18-7-11-21(36-5)12-8-18)44-30(20)19-9-13-22(37-6)14-10-19/h7-15,23,27-29,31H,16-17H2,1-6H3/t23?,27-,28-,29-,31-/m0/s1. The predicted octanol–water partition coefficient (Wildman–Crippen LogP) is 5.15. The van der Waals surface area contributed by atoms with E-state index in [9.17, 15) is 9.59 Å². The number of methoxy groups -OCH3 is 2. The largest absolute Gasteiger partial charge is 0.497 e. The second-order valence-corrected chi connectivity index (χ2v) is 12.9. The minimum Gasteiger partial charge on any atom is -0.497 e. The van der Waals surface area contributed by atoms with Gasteiger partial charge in [0.1, 0.15) is 42.5 Å². The highest BCUT2D eigenvalue weighted by Crippen LogP contribution is 2.44. The number of thiophene rings is 1. The number of carbonyl (C=O) groups is 2. The lowest BCUT2D eigenvalue weighted by molar-refractivity contribution is -0.242. The Kier molecular flexibility index (Phi) is 8.29. The molecule has 6 rings (SSSR count). The summed E-state index contributed by atoms with van der Waals surface area (Å²) in [5.74, 6) is -0.957. The molecule has 4 heterocycles. The highest BCUT2D eigenvalue weighted by Gasteiger charge is 2.60. The van der Waals surface area contributed by atoms with Gasteiger partial charge in [-0.05, 0) is 93.4 Å². The fraction of sp³-hybridized carbons (Fsp3) is 0.455. The van der Waals surface area contributed by atoms with E-state index >= 15 is 0 Å². The van der Waals surface area contributed by atoms with E-state index in [1.165, 1.54) is 11.3 Å². The Morgan fingerprint density at radius 2 is 1.39 bits per heavy atom. The van der Waals surface area contributed by atoms with E-state index in [2.05, 4.69) is 0 Å². The van der Waals surface area contributed by atoms with Crippen molar-refractivity contribution >= 4 is 23.1 Å². The summed E-state index contributed by atoms with van der Waals surface area (Å²) in [5.41, 5.74) is 2.06. The van der Waals surface area contributed by atoms with Crippen LogP contribution in [-0.4, -0.2) is 74.9 Å². The van der Waals surface area contributed by atoms with Gasteiger partial charge in [0.25, 0.3) is 0 Å². The van der Waals surface area contributed by atoms with Crippen LogP contribution < -0.4 is 9.47 Å². The summed E-state index contributed by atoms with van der Waals surface area (Å²) in [5, 5.41) is 0. The highest BCUT2D eigenvalue weighted by molar-refractivity contribution is 7.17. The van der Waals surface area contributed by atoms with Gasteiger partial charge in [0.2, 0.25) is 5.78 Å². The van der Waals surface area contributed by atoms with E-state index in [-0.39, 0.29) is 18.8 Å². The van der Waals surface area contributed by atoms with Crippen LogP contribution in [0.2, 0.25) is 0 Å². The Bertz CT molecular complexity index is 1510. The first kappa shape index (κ1) is 30.7. The van der Waals surface area contributed by atoms with Gasteiger partial charge in [-0.3, -0.25) is 9.59 Å². The Labute approximate surface area is 260 Å². The lowest BCUT2D eigenvalue weighted by Gasteiger charge is -2.36. The van der Waals surface area contributed by atoms with Crippen molar-refractivity contribution in [2.24, 2.45) is 0 Å². The normalized spacial score (nSPS) is 26.5. The van der Waals surface area contributed by atoms with E-state index < -0.39 is 48.2 Å². The number of benzene rings is 2. The molecule has 0 radical (unpaired) electrons. The number of esters is 1. The minimum absolute atomic E-state index is 0.0455. The first-order valence-corrected chi connectivity index (χ1v) is 15.3. The van der Waals surface area contributed by atoms with Crippen molar-refractivity contribution in [3.63, 3.8) is 0 Å². The van der Waals surface area contributed by atoms with Gasteiger partial charge in [0, 0.05) is 10.4 Å². The molecular weight excluding hydrogens is 588 g/mol. The summed E-state index contributed by atoms with van der Waals surface area (Å²) in [6.45, 7) is 7.22. The number of ketones is 1. The van der Waals surface area contributed by atoms with Gasteiger partial charge in [0.15, 0.2) is 17.9 Å². The third kappa shape index (κ3) is 6.26. The Morgan fingerprint density at radius 3 is 2.05 bits per heavy atom. The summed E-state index contributed by atoms with van der Waals surface area (Å²) >= 11 is 1.33. The Balaban J connectivity index is 1.20. The molecule has 44 heavy (non-hydrogen) atoms. The van der Waals surface area contributed by atoms with Crippen LogP contribution in [0.4, 0.5) is 0 Å². The molecule has 0 amide bonds. The maximum absolute atomic E-state index is 13.4. The summed E-state index contributed by atoms with van der Waals surface area (Å²) in [7, 11) is 3.17. The van der Waals surface area contributed by atoms with Gasteiger partial charge < -0.3 is 37.9 Å². The first-order chi connectivity index (χ1) is 20.9. The van der Waals surface area contributed by atoms with Crippen molar-refractivity contribution in [1.29, 1.82) is 0 Å². The van der Waals surface area contributed by atoms with Crippen LogP contribution in [0.25, 0.3) is 10.4 Å². The van der Waals surface area contributed by atoms with E-state index in [1.54, 1.807) is 44.6 Å². The van der Waals surface area contributed by atoms with E-state index in [4.69, 9.17) is 37.9 Å². The molecule has 10 nitrogen and oxygen atoms in total. The fourth-order valence-electron chi connectivity index (χ4n) is 5.75. The second-order valence-electron chi connectivity index (χ2n) is 11.8. The van der Waals surface area contributed by atoms with Gasteiger partial charge >= 0.3 is 5.97 Å². The van der Waals surface area contributed by atoms with E-state index in [1.807, 2.05) is 52.0 Å². The lowest BCUT2D eigenvalue weighted by Crippen LogP contribution is -2.56. The molecule has 0 saturated carbocycles. The average Bonchev–Trinajstić information content (AvgIpc) is 3.66. The SMILES string of the molecule is COc1ccc(C(=O)c2cc(CC(=O)OCC3O[C@H]4OC(C)(C)O[C@H]4[C@H]4OC(C)(C)O[C@@H]34)c(-c3ccc(OC)cc3)s2)cc1. The third-order valence-corrected chi connectivity index (χ3v) is 8.96. The van der Waals surface area contributed by atoms with Crippen molar-refractivity contribution in [3.05, 3.63) is 70.6 Å². The van der Waals surface area contributed by atoms with Gasteiger partial charge in [-0.1, -0.05) is 0 Å². The molecule has 3 aromatic rings. The number of fused-ring (bicyclic) bond motifs is 3. The smallest absolute Gasteiger partial charge is 0.310 e. The Morgan fingerprint density at radius 1 is 0.795 bits per heavy atom. The van der Waals surface area contributed by atoms with Crippen LogP contribution in [0.15, 0.2) is 54.6 Å². The molecule has 5 atom stereocenters. The molecule has 3 aliphatic heterocycles. The van der Waals surface area contributed by atoms with Gasteiger partial charge in [-0.25, -0.2) is 0 Å². The average molecular weight is 625 g/mol. The molecule has 0 spiro atoms. The third-order valence-electron chi connectivity index (χ3n) is 7.73. The van der Waals surface area contributed by atoms with Gasteiger partial charge in [-0.2, -0.15) is 0 Å². The molecule has 3 fully saturated rings. The summed E-state index contributed by atoms with van der Waals surface area (Å²) in [6.07, 6.45) is -2.78. The van der Waals surface area contributed by atoms with Crippen LogP contribution in [-0.2, 0) is 39.6 Å². The molecule has 0 bridgehead atoms. The molecule has 3 saturated heterocycles. The van der Waals surface area contributed by atoms with Crippen LogP contribution in [0.3, 0.4) is 0 Å². The maximum Gasteiger partial charge on any atom is 0.310 e. The second kappa shape index (κ2) is 11.9. The van der Waals surface area contributed by atoms with Crippen molar-refractivity contribution in [2.75, 3.05) is 20.8 Å². The van der Waals surface area contributed by atoms with Crippen molar-refractivity contribution in [1.82, 2.24) is 0 Å². The number of ether oxygens (including phenoxy) is 8. The first-order valence-electron chi connectivity index (χ1n) is 14.4. The minimum atomic E-state index is -0.858. The fourth-order valence-corrected chi connectivity index (χ4v) is 6.90. The highest BCUT2D eigenvalue weighted by atomic mass is 32.1. The monoisotopic (exact) mass is 624 g/mol. The molecule has 3 aliphatic rings. The van der Waals surface area contributed by atoms with Crippen LogP contribution >= 0.6 is 11.3 Å².